The van der Waals surface area contributed by atoms with Crippen molar-refractivity contribution in [1.29, 1.82) is 0 Å². The molecule has 0 aliphatic rings. The van der Waals surface area contributed by atoms with E-state index >= 15 is 0 Å². The maximum absolute atomic E-state index is 4.28. The van der Waals surface area contributed by atoms with Gasteiger partial charge < -0.3 is 5.32 Å². The fourth-order valence-electron chi connectivity index (χ4n) is 1.33. The summed E-state index contributed by atoms with van der Waals surface area (Å²) < 4.78 is 1.81. The molecule has 0 aromatic carbocycles. The largest absolute Gasteiger partial charge is 0.316 e. The molecule has 0 amide bonds. The van der Waals surface area contributed by atoms with Crippen molar-refractivity contribution in [2.24, 2.45) is 0 Å². The van der Waals surface area contributed by atoms with Gasteiger partial charge in [0.25, 0.3) is 0 Å². The zero-order valence-electron chi connectivity index (χ0n) is 7.78. The van der Waals surface area contributed by atoms with Crippen LogP contribution in [0.1, 0.15) is 11.3 Å². The smallest absolute Gasteiger partial charge is 0.155 e. The van der Waals surface area contributed by atoms with Crippen LogP contribution in [-0.2, 0) is 6.54 Å². The molecule has 0 atom stereocenters. The second-order valence-electron chi connectivity index (χ2n) is 3.08. The van der Waals surface area contributed by atoms with E-state index in [0.29, 0.717) is 0 Å². The van der Waals surface area contributed by atoms with Crippen LogP contribution in [0.15, 0.2) is 18.5 Å². The normalized spacial score (nSPS) is 10.9. The first-order chi connectivity index (χ1) is 6.29. The molecule has 68 valence electrons. The Morgan fingerprint density at radius 1 is 1.54 bits per heavy atom. The van der Waals surface area contributed by atoms with Crippen LogP contribution in [0.2, 0.25) is 0 Å². The lowest BCUT2D eigenvalue weighted by atomic mass is 10.3. The summed E-state index contributed by atoms with van der Waals surface area (Å²) in [5.41, 5.74) is 3.03. The molecule has 2 rings (SSSR count). The highest BCUT2D eigenvalue weighted by Crippen LogP contribution is 2.04. The van der Waals surface area contributed by atoms with E-state index in [-0.39, 0.29) is 0 Å². The molecule has 0 bridgehead atoms. The van der Waals surface area contributed by atoms with Crippen LogP contribution in [0.5, 0.6) is 0 Å². The first-order valence-electron chi connectivity index (χ1n) is 4.25. The number of aryl methyl sites for hydroxylation is 1. The Labute approximate surface area is 76.6 Å². The molecule has 0 radical (unpaired) electrons. The maximum Gasteiger partial charge on any atom is 0.155 e. The van der Waals surface area contributed by atoms with Crippen molar-refractivity contribution in [3.63, 3.8) is 0 Å². The highest BCUT2D eigenvalue weighted by Gasteiger charge is 1.99. The van der Waals surface area contributed by atoms with Gasteiger partial charge in [-0.1, -0.05) is 0 Å². The Morgan fingerprint density at radius 2 is 2.38 bits per heavy atom. The van der Waals surface area contributed by atoms with Gasteiger partial charge in [-0.05, 0) is 14.0 Å². The first-order valence-corrected chi connectivity index (χ1v) is 4.25. The number of rotatable bonds is 2. The van der Waals surface area contributed by atoms with E-state index in [0.717, 1.165) is 23.4 Å². The number of hydrogen-bond acceptors (Lipinski definition) is 3. The number of nitrogens with zero attached hydrogens (tertiary/aromatic N) is 3. The number of nitrogens with one attached hydrogen (secondary N) is 1. The lowest BCUT2D eigenvalue weighted by Gasteiger charge is -1.99. The molecule has 2 heterocycles. The third-order valence-electron chi connectivity index (χ3n) is 1.87. The molecule has 0 saturated heterocycles. The van der Waals surface area contributed by atoms with E-state index < -0.39 is 0 Å². The van der Waals surface area contributed by atoms with Crippen molar-refractivity contribution in [1.82, 2.24) is 19.9 Å². The second kappa shape index (κ2) is 3.14. The molecule has 13 heavy (non-hydrogen) atoms. The summed E-state index contributed by atoms with van der Waals surface area (Å²) in [7, 11) is 1.92. The first kappa shape index (κ1) is 8.19. The maximum atomic E-state index is 4.28. The van der Waals surface area contributed by atoms with Gasteiger partial charge in [0.2, 0.25) is 0 Å². The molecule has 0 aliphatic carbocycles. The summed E-state index contributed by atoms with van der Waals surface area (Å²) in [5.74, 6) is 0. The van der Waals surface area contributed by atoms with Gasteiger partial charge in [-0.2, -0.15) is 5.10 Å². The Kier molecular flexibility index (Phi) is 1.98. The zero-order valence-corrected chi connectivity index (χ0v) is 7.78. The van der Waals surface area contributed by atoms with Gasteiger partial charge in [0, 0.05) is 30.6 Å². The molecule has 2 aromatic rings. The van der Waals surface area contributed by atoms with Crippen LogP contribution < -0.4 is 5.32 Å². The molecule has 2 aromatic heterocycles. The van der Waals surface area contributed by atoms with Crippen LogP contribution in [0.3, 0.4) is 0 Å². The van der Waals surface area contributed by atoms with Gasteiger partial charge in [-0.15, -0.1) is 0 Å². The predicted octanol–water partition coefficient (Wildman–Crippen LogP) is 0.757. The summed E-state index contributed by atoms with van der Waals surface area (Å²) in [4.78, 5) is 4.28. The molecular weight excluding hydrogens is 164 g/mol. The lowest BCUT2D eigenvalue weighted by molar-refractivity contribution is 0.792. The number of fused-ring (bicyclic) bond motifs is 1. The monoisotopic (exact) mass is 176 g/mol. The zero-order chi connectivity index (χ0) is 9.26. The molecule has 4 heteroatoms. The molecular formula is C9H12N4. The van der Waals surface area contributed by atoms with Gasteiger partial charge in [-0.25, -0.2) is 9.50 Å². The Balaban J connectivity index is 2.48. The Morgan fingerprint density at radius 3 is 3.15 bits per heavy atom. The van der Waals surface area contributed by atoms with Crippen LogP contribution in [-0.4, -0.2) is 21.6 Å². The molecule has 0 aliphatic heterocycles. The van der Waals surface area contributed by atoms with Gasteiger partial charge in [-0.3, -0.25) is 0 Å². The standard InChI is InChI=1S/C9H12N4/c1-7-3-9-11-5-8(4-10-2)6-13(9)12-7/h3,5-6,10H,4H2,1-2H3. The molecule has 0 unspecified atom stereocenters. The van der Waals surface area contributed by atoms with Gasteiger partial charge >= 0.3 is 0 Å². The van der Waals surface area contributed by atoms with Crippen molar-refractivity contribution < 1.29 is 0 Å². The SMILES string of the molecule is CNCc1cnc2cc(C)nn2c1. The predicted molar refractivity (Wildman–Crippen MR) is 50.5 cm³/mol. The molecule has 0 saturated carbocycles. The van der Waals surface area contributed by atoms with E-state index in [4.69, 9.17) is 0 Å². The molecule has 0 spiro atoms. The van der Waals surface area contributed by atoms with Crippen molar-refractivity contribution in [3.8, 4) is 0 Å². The van der Waals surface area contributed by atoms with E-state index in [9.17, 15) is 0 Å². The Bertz CT molecular complexity index is 418. The molecule has 0 fully saturated rings. The molecule has 1 N–H and O–H groups in total. The Hall–Kier alpha value is -1.42. The van der Waals surface area contributed by atoms with Gasteiger partial charge in [0.05, 0.1) is 5.69 Å². The minimum Gasteiger partial charge on any atom is -0.316 e. The third kappa shape index (κ3) is 1.53. The van der Waals surface area contributed by atoms with E-state index in [2.05, 4.69) is 15.4 Å². The fraction of sp³-hybridized carbons (Fsp3) is 0.333. The summed E-state index contributed by atoms with van der Waals surface area (Å²) in [6.07, 6.45) is 3.86. The minimum atomic E-state index is 0.821. The van der Waals surface area contributed by atoms with Gasteiger partial charge in [0.15, 0.2) is 5.65 Å². The molecule has 4 nitrogen and oxygen atoms in total. The van der Waals surface area contributed by atoms with Crippen LogP contribution >= 0.6 is 0 Å². The van der Waals surface area contributed by atoms with Crippen molar-refractivity contribution in [3.05, 3.63) is 29.7 Å². The fourth-order valence-corrected chi connectivity index (χ4v) is 1.33. The van der Waals surface area contributed by atoms with Crippen LogP contribution in [0.4, 0.5) is 0 Å². The number of aromatic nitrogens is 3. The van der Waals surface area contributed by atoms with Crippen molar-refractivity contribution in [2.75, 3.05) is 7.05 Å². The van der Waals surface area contributed by atoms with Crippen molar-refractivity contribution in [2.45, 2.75) is 13.5 Å². The van der Waals surface area contributed by atoms with Crippen LogP contribution in [0.25, 0.3) is 5.65 Å². The average molecular weight is 176 g/mol. The highest BCUT2D eigenvalue weighted by atomic mass is 15.2. The van der Waals surface area contributed by atoms with Crippen molar-refractivity contribution >= 4 is 5.65 Å². The topological polar surface area (TPSA) is 42.2 Å². The summed E-state index contributed by atoms with van der Waals surface area (Å²) in [5, 5.41) is 7.36. The summed E-state index contributed by atoms with van der Waals surface area (Å²) >= 11 is 0. The van der Waals surface area contributed by atoms with Gasteiger partial charge in [0.1, 0.15) is 0 Å². The highest BCUT2D eigenvalue weighted by molar-refractivity contribution is 5.38. The second-order valence-corrected chi connectivity index (χ2v) is 3.08. The quantitative estimate of drug-likeness (QED) is 0.734. The average Bonchev–Trinajstić information content (AvgIpc) is 2.44. The van der Waals surface area contributed by atoms with E-state index in [1.165, 1.54) is 0 Å². The minimum absolute atomic E-state index is 0.821. The summed E-state index contributed by atoms with van der Waals surface area (Å²) in [6, 6.07) is 1.96. The number of hydrogen-bond donors (Lipinski definition) is 1. The van der Waals surface area contributed by atoms with Crippen LogP contribution in [0, 0.1) is 6.92 Å². The van der Waals surface area contributed by atoms with E-state index in [1.54, 1.807) is 0 Å². The summed E-state index contributed by atoms with van der Waals surface area (Å²) in [6.45, 7) is 2.79. The third-order valence-corrected chi connectivity index (χ3v) is 1.87. The lowest BCUT2D eigenvalue weighted by Crippen LogP contribution is -2.06. The van der Waals surface area contributed by atoms with E-state index in [1.807, 2.05) is 36.9 Å².